The van der Waals surface area contributed by atoms with Crippen LogP contribution in [0.3, 0.4) is 0 Å². The minimum absolute atomic E-state index is 0.158. The lowest BCUT2D eigenvalue weighted by molar-refractivity contribution is -0.140. The van der Waals surface area contributed by atoms with E-state index in [1.165, 1.54) is 26.3 Å². The lowest BCUT2D eigenvalue weighted by Gasteiger charge is -2.36. The largest absolute Gasteiger partial charge is 0.495 e. The van der Waals surface area contributed by atoms with E-state index in [9.17, 15) is 26.4 Å². The van der Waals surface area contributed by atoms with Gasteiger partial charge >= 0.3 is 6.18 Å². The van der Waals surface area contributed by atoms with E-state index in [0.29, 0.717) is 30.3 Å². The monoisotopic (exact) mass is 678 g/mol. The third-order valence-corrected chi connectivity index (χ3v) is 9.75. The number of amides is 1. The Balaban J connectivity index is 1.40. The summed E-state index contributed by atoms with van der Waals surface area (Å²) in [6.45, 7) is 1.48. The SMILES string of the molecule is COc1cc(C(=O)NC2CCN(C)C[C@@H]2OC)ccc1Nc1ncc(C(F)(F)F)c(O[C@@H]2Cc3ccccc3[C@H]2N(C)S(C)(=O)=O)n1. The van der Waals surface area contributed by atoms with E-state index in [2.05, 4.69) is 25.5 Å². The van der Waals surface area contributed by atoms with Crippen molar-refractivity contribution in [3.05, 3.63) is 70.9 Å². The molecule has 1 aromatic heterocycles. The number of hydrogen-bond donors (Lipinski definition) is 2. The summed E-state index contributed by atoms with van der Waals surface area (Å²) >= 11 is 0. The Morgan fingerprint density at radius 2 is 1.87 bits per heavy atom. The number of sulfonamides is 1. The normalized spacial score (nSPS) is 21.7. The van der Waals surface area contributed by atoms with Gasteiger partial charge < -0.3 is 29.7 Å². The van der Waals surface area contributed by atoms with Crippen LogP contribution in [0.5, 0.6) is 11.6 Å². The second-order valence-corrected chi connectivity index (χ2v) is 13.7. The number of likely N-dealkylation sites (tertiary alicyclic amines) is 1. The highest BCUT2D eigenvalue weighted by atomic mass is 32.2. The number of aromatic nitrogens is 2. The number of ether oxygens (including phenoxy) is 3. The molecule has 1 fully saturated rings. The molecule has 0 radical (unpaired) electrons. The Bertz CT molecular complexity index is 1730. The molecular weight excluding hydrogens is 641 g/mol. The number of piperidine rings is 1. The fourth-order valence-electron chi connectivity index (χ4n) is 5.92. The van der Waals surface area contributed by atoms with Crippen LogP contribution < -0.4 is 20.1 Å². The molecule has 2 aromatic carbocycles. The van der Waals surface area contributed by atoms with Crippen LogP contribution in [0.25, 0.3) is 0 Å². The molecule has 16 heteroatoms. The van der Waals surface area contributed by atoms with E-state index in [1.807, 2.05) is 7.05 Å². The summed E-state index contributed by atoms with van der Waals surface area (Å²) < 4.78 is 85.3. The fraction of sp³-hybridized carbons (Fsp3) is 0.452. The van der Waals surface area contributed by atoms with E-state index in [-0.39, 0.29) is 41.9 Å². The van der Waals surface area contributed by atoms with Crippen molar-refractivity contribution in [2.24, 2.45) is 0 Å². The molecule has 3 aromatic rings. The zero-order valence-electron chi connectivity index (χ0n) is 26.5. The van der Waals surface area contributed by atoms with Crippen molar-refractivity contribution < 1.29 is 40.6 Å². The maximum absolute atomic E-state index is 14.1. The number of alkyl halides is 3. The van der Waals surface area contributed by atoms with Crippen molar-refractivity contribution in [1.29, 1.82) is 0 Å². The molecule has 1 amide bonds. The topological polar surface area (TPSA) is 135 Å². The number of hydrogen-bond acceptors (Lipinski definition) is 10. The van der Waals surface area contributed by atoms with Gasteiger partial charge in [-0.1, -0.05) is 24.3 Å². The first-order chi connectivity index (χ1) is 22.2. The molecule has 0 saturated carbocycles. The summed E-state index contributed by atoms with van der Waals surface area (Å²) in [5.41, 5.74) is 0.754. The third kappa shape index (κ3) is 7.61. The van der Waals surface area contributed by atoms with Crippen LogP contribution in [0.1, 0.15) is 39.5 Å². The molecular formula is C31H37F3N6O6S. The average Bonchev–Trinajstić information content (AvgIpc) is 3.38. The van der Waals surface area contributed by atoms with Crippen molar-refractivity contribution in [2.75, 3.05) is 53.0 Å². The van der Waals surface area contributed by atoms with Crippen molar-refractivity contribution in [3.8, 4) is 11.6 Å². The van der Waals surface area contributed by atoms with E-state index >= 15 is 0 Å². The third-order valence-electron chi connectivity index (χ3n) is 8.48. The predicted octanol–water partition coefficient (Wildman–Crippen LogP) is 3.63. The molecule has 2 N–H and O–H groups in total. The first-order valence-electron chi connectivity index (χ1n) is 14.8. The van der Waals surface area contributed by atoms with Gasteiger partial charge in [0.25, 0.3) is 5.91 Å². The Kier molecular flexibility index (Phi) is 9.96. The minimum atomic E-state index is -4.86. The quantitative estimate of drug-likeness (QED) is 0.327. The predicted molar refractivity (Wildman–Crippen MR) is 167 cm³/mol. The molecule has 1 saturated heterocycles. The molecule has 1 aliphatic heterocycles. The maximum Gasteiger partial charge on any atom is 0.423 e. The lowest BCUT2D eigenvalue weighted by Crippen LogP contribution is -2.53. The van der Waals surface area contributed by atoms with Gasteiger partial charge in [0.2, 0.25) is 21.9 Å². The Morgan fingerprint density at radius 3 is 2.55 bits per heavy atom. The maximum atomic E-state index is 14.1. The van der Waals surface area contributed by atoms with Crippen molar-refractivity contribution >= 4 is 27.6 Å². The first-order valence-corrected chi connectivity index (χ1v) is 16.6. The van der Waals surface area contributed by atoms with Crippen LogP contribution in [-0.4, -0.2) is 99.4 Å². The van der Waals surface area contributed by atoms with Gasteiger partial charge in [-0.3, -0.25) is 4.79 Å². The zero-order chi connectivity index (χ0) is 34.1. The highest BCUT2D eigenvalue weighted by Crippen LogP contribution is 2.42. The van der Waals surface area contributed by atoms with E-state index in [0.717, 1.165) is 22.7 Å². The number of nitrogens with one attached hydrogen (secondary N) is 2. The standard InChI is InChI=1S/C31H37F3N6O6S/c1-39-13-12-23(26(17-39)45-4)36-28(41)19-10-11-22(24(15-19)44-3)37-30-35-16-21(31(32,33)34)29(38-30)46-25-14-18-8-6-7-9-20(18)27(25)40(2)47(5,42)43/h6-11,15-16,23,25-27H,12-14,17H2,1-5H3,(H,36,41)(H,35,37,38)/t23?,25-,26+,27-/m1/s1. The first kappa shape index (κ1) is 34.3. The highest BCUT2D eigenvalue weighted by Gasteiger charge is 2.43. The molecule has 1 aliphatic carbocycles. The number of likely N-dealkylation sites (N-methyl/N-ethyl adjacent to an activating group) is 2. The Labute approximate surface area is 271 Å². The van der Waals surface area contributed by atoms with Gasteiger partial charge in [0.05, 0.1) is 37.2 Å². The minimum Gasteiger partial charge on any atom is -0.495 e. The van der Waals surface area contributed by atoms with Crippen LogP contribution in [-0.2, 0) is 27.4 Å². The summed E-state index contributed by atoms with van der Waals surface area (Å²) in [4.78, 5) is 23.2. The highest BCUT2D eigenvalue weighted by molar-refractivity contribution is 7.88. The van der Waals surface area contributed by atoms with E-state index < -0.39 is 39.8 Å². The number of halogens is 3. The molecule has 5 rings (SSSR count). The Morgan fingerprint density at radius 1 is 1.13 bits per heavy atom. The number of benzene rings is 2. The summed E-state index contributed by atoms with van der Waals surface area (Å²) in [5, 5.41) is 5.86. The fourth-order valence-corrected chi connectivity index (χ4v) is 6.58. The second kappa shape index (κ2) is 13.6. The van der Waals surface area contributed by atoms with Gasteiger partial charge in [0.1, 0.15) is 17.4 Å². The molecule has 4 atom stereocenters. The molecule has 2 aliphatic rings. The lowest BCUT2D eigenvalue weighted by atomic mass is 10.0. The van der Waals surface area contributed by atoms with E-state index in [1.54, 1.807) is 37.4 Å². The number of anilines is 2. The number of rotatable bonds is 10. The molecule has 2 heterocycles. The van der Waals surface area contributed by atoms with Crippen LogP contribution in [0.4, 0.5) is 24.8 Å². The Hall–Kier alpha value is -3.99. The van der Waals surface area contributed by atoms with Crippen LogP contribution >= 0.6 is 0 Å². The second-order valence-electron chi connectivity index (χ2n) is 11.6. The van der Waals surface area contributed by atoms with Crippen molar-refractivity contribution in [3.63, 3.8) is 0 Å². The van der Waals surface area contributed by atoms with Crippen molar-refractivity contribution in [2.45, 2.75) is 43.3 Å². The van der Waals surface area contributed by atoms with E-state index in [4.69, 9.17) is 14.2 Å². The van der Waals surface area contributed by atoms with Gasteiger partial charge in [-0.05, 0) is 49.3 Å². The van der Waals surface area contributed by atoms with Crippen LogP contribution in [0, 0.1) is 0 Å². The van der Waals surface area contributed by atoms with Gasteiger partial charge in [0.15, 0.2) is 0 Å². The van der Waals surface area contributed by atoms with Gasteiger partial charge in [-0.25, -0.2) is 13.4 Å². The molecule has 12 nitrogen and oxygen atoms in total. The summed E-state index contributed by atoms with van der Waals surface area (Å²) in [6.07, 6.45) is -3.55. The summed E-state index contributed by atoms with van der Waals surface area (Å²) in [5.74, 6) is -1.11. The smallest absolute Gasteiger partial charge is 0.423 e. The molecule has 47 heavy (non-hydrogen) atoms. The van der Waals surface area contributed by atoms with Crippen molar-refractivity contribution in [1.82, 2.24) is 24.5 Å². The molecule has 0 spiro atoms. The number of fused-ring (bicyclic) bond motifs is 1. The molecule has 0 bridgehead atoms. The molecule has 1 unspecified atom stereocenters. The van der Waals surface area contributed by atoms with Crippen LogP contribution in [0.2, 0.25) is 0 Å². The molecule has 254 valence electrons. The van der Waals surface area contributed by atoms with Gasteiger partial charge in [0, 0.05) is 38.9 Å². The number of nitrogens with zero attached hydrogens (tertiary/aromatic N) is 4. The number of carbonyl (C=O) groups is 1. The van der Waals surface area contributed by atoms with Gasteiger partial charge in [-0.15, -0.1) is 0 Å². The average molecular weight is 679 g/mol. The van der Waals surface area contributed by atoms with Gasteiger partial charge in [-0.2, -0.15) is 22.5 Å². The zero-order valence-corrected chi connectivity index (χ0v) is 27.4. The number of carbonyl (C=O) groups excluding carboxylic acids is 1. The summed E-state index contributed by atoms with van der Waals surface area (Å²) in [7, 11) is 2.59. The van der Waals surface area contributed by atoms with Crippen LogP contribution in [0.15, 0.2) is 48.7 Å². The number of methoxy groups -OCH3 is 2. The summed E-state index contributed by atoms with van der Waals surface area (Å²) in [6, 6.07) is 10.5.